The van der Waals surface area contributed by atoms with Crippen LogP contribution in [0.3, 0.4) is 0 Å². The molecule has 1 heteroatoms. The second kappa shape index (κ2) is 3.02. The van der Waals surface area contributed by atoms with Crippen molar-refractivity contribution in [2.24, 2.45) is 0 Å². The average Bonchev–Trinajstić information content (AvgIpc) is 2.85. The summed E-state index contributed by atoms with van der Waals surface area (Å²) in [4.78, 5) is 1.42. The predicted molar refractivity (Wildman–Crippen MR) is 69.4 cm³/mol. The van der Waals surface area contributed by atoms with Crippen molar-refractivity contribution in [2.75, 3.05) is 0 Å². The number of rotatable bonds is 0. The van der Waals surface area contributed by atoms with Crippen LogP contribution in [0, 0.1) is 0 Å². The van der Waals surface area contributed by atoms with Gasteiger partial charge in [0.15, 0.2) is 0 Å². The Hall–Kier alpha value is -1.47. The van der Waals surface area contributed by atoms with E-state index >= 15 is 0 Å². The summed E-state index contributed by atoms with van der Waals surface area (Å²) in [6.45, 7) is 0. The molecule has 0 N–H and O–H groups in total. The van der Waals surface area contributed by atoms with Crippen LogP contribution < -0.4 is 0 Å². The lowest BCUT2D eigenvalue weighted by atomic mass is 10.0. The van der Waals surface area contributed by atoms with Gasteiger partial charge in [-0.1, -0.05) is 42.5 Å². The van der Waals surface area contributed by atoms with Crippen molar-refractivity contribution in [2.45, 2.75) is 10.1 Å². The van der Waals surface area contributed by atoms with Gasteiger partial charge in [0.05, 0.1) is 5.25 Å². The molecule has 0 bridgehead atoms. The van der Waals surface area contributed by atoms with Crippen LogP contribution in [0.25, 0.3) is 11.6 Å². The highest BCUT2D eigenvalue weighted by Crippen LogP contribution is 2.58. The van der Waals surface area contributed by atoms with Gasteiger partial charge in [0, 0.05) is 4.90 Å². The Bertz CT molecular complexity index is 610. The zero-order chi connectivity index (χ0) is 10.5. The van der Waals surface area contributed by atoms with Crippen molar-refractivity contribution in [1.82, 2.24) is 0 Å². The van der Waals surface area contributed by atoms with Gasteiger partial charge < -0.3 is 0 Å². The van der Waals surface area contributed by atoms with Crippen LogP contribution in [0.2, 0.25) is 0 Å². The summed E-state index contributed by atoms with van der Waals surface area (Å²) in [7, 11) is 0. The molecule has 1 unspecified atom stereocenters. The molecule has 0 radical (unpaired) electrons. The fraction of sp³-hybridized carbons (Fsp3) is 0.0667. The van der Waals surface area contributed by atoms with Crippen molar-refractivity contribution in [3.05, 3.63) is 65.2 Å². The number of fused-ring (bicyclic) bond motifs is 5. The molecule has 2 aromatic carbocycles. The Balaban J connectivity index is 1.96. The first-order valence-corrected chi connectivity index (χ1v) is 6.38. The van der Waals surface area contributed by atoms with Crippen LogP contribution in [0.4, 0.5) is 0 Å². The molecule has 2 aromatic rings. The van der Waals surface area contributed by atoms with Crippen molar-refractivity contribution in [3.8, 4) is 0 Å². The molecule has 1 atom stereocenters. The Kier molecular flexibility index (Phi) is 1.63. The lowest BCUT2D eigenvalue weighted by Gasteiger charge is -2.06. The van der Waals surface area contributed by atoms with Gasteiger partial charge in [-0.15, -0.1) is 11.8 Å². The second-order valence-electron chi connectivity index (χ2n) is 4.22. The first kappa shape index (κ1) is 8.66. The highest BCUT2D eigenvalue weighted by Gasteiger charge is 2.33. The minimum atomic E-state index is 0.536. The smallest absolute Gasteiger partial charge is 0.0606 e. The topological polar surface area (TPSA) is 0 Å². The van der Waals surface area contributed by atoms with Crippen molar-refractivity contribution < 1.29 is 0 Å². The van der Waals surface area contributed by atoms with E-state index in [0.717, 1.165) is 0 Å². The lowest BCUT2D eigenvalue weighted by molar-refractivity contribution is 1.30. The van der Waals surface area contributed by atoms with Crippen molar-refractivity contribution >= 4 is 23.4 Å². The molecular weight excluding hydrogens is 212 g/mol. The molecule has 1 aliphatic carbocycles. The summed E-state index contributed by atoms with van der Waals surface area (Å²) >= 11 is 1.98. The Morgan fingerprint density at radius 2 is 1.69 bits per heavy atom. The number of hydrogen-bond acceptors (Lipinski definition) is 1. The fourth-order valence-corrected chi connectivity index (χ4v) is 3.96. The van der Waals surface area contributed by atoms with Gasteiger partial charge in [-0.25, -0.2) is 0 Å². The first-order valence-electron chi connectivity index (χ1n) is 5.50. The first-order chi connectivity index (χ1) is 7.93. The summed E-state index contributed by atoms with van der Waals surface area (Å²) in [5.74, 6) is 0. The molecule has 16 heavy (non-hydrogen) atoms. The summed E-state index contributed by atoms with van der Waals surface area (Å²) in [6, 6.07) is 17.4. The molecule has 2 aliphatic rings. The van der Waals surface area contributed by atoms with Crippen molar-refractivity contribution in [1.29, 1.82) is 0 Å². The summed E-state index contributed by atoms with van der Waals surface area (Å²) < 4.78 is 0. The van der Waals surface area contributed by atoms with E-state index in [1.807, 2.05) is 11.8 Å². The van der Waals surface area contributed by atoms with Crippen LogP contribution in [0.15, 0.2) is 53.4 Å². The highest BCUT2D eigenvalue weighted by molar-refractivity contribution is 8.00. The summed E-state index contributed by atoms with van der Waals surface area (Å²) in [5.41, 5.74) is 5.78. The van der Waals surface area contributed by atoms with Gasteiger partial charge in [0.1, 0.15) is 0 Å². The number of thioether (sulfide) groups is 1. The molecule has 0 saturated heterocycles. The van der Waals surface area contributed by atoms with E-state index < -0.39 is 0 Å². The Labute approximate surface area is 99.0 Å². The maximum atomic E-state index is 2.35. The van der Waals surface area contributed by atoms with Gasteiger partial charge in [0.2, 0.25) is 0 Å². The maximum Gasteiger partial charge on any atom is 0.0606 e. The van der Waals surface area contributed by atoms with Crippen LogP contribution in [-0.4, -0.2) is 0 Å². The zero-order valence-electron chi connectivity index (χ0n) is 8.68. The van der Waals surface area contributed by atoms with E-state index in [2.05, 4.69) is 54.6 Å². The van der Waals surface area contributed by atoms with E-state index in [1.165, 1.54) is 27.2 Å². The molecule has 76 valence electrons. The predicted octanol–water partition coefficient (Wildman–Crippen LogP) is 4.39. The number of hydrogen-bond donors (Lipinski definition) is 0. The Morgan fingerprint density at radius 3 is 2.69 bits per heavy atom. The van der Waals surface area contributed by atoms with Gasteiger partial charge in [-0.3, -0.25) is 0 Å². The largest absolute Gasteiger partial charge is 0.112 e. The molecule has 4 rings (SSSR count). The molecular formula is C15H10S. The van der Waals surface area contributed by atoms with E-state index in [4.69, 9.17) is 0 Å². The lowest BCUT2D eigenvalue weighted by Crippen LogP contribution is -1.86. The fourth-order valence-electron chi connectivity index (χ4n) is 2.57. The third-order valence-corrected chi connectivity index (χ3v) is 4.67. The number of benzene rings is 2. The summed E-state index contributed by atoms with van der Waals surface area (Å²) in [5, 5.41) is 0.536. The normalized spacial score (nSPS) is 20.0. The third-order valence-electron chi connectivity index (χ3n) is 3.31. The zero-order valence-corrected chi connectivity index (χ0v) is 9.50. The average molecular weight is 222 g/mol. The molecule has 0 amide bonds. The molecule has 1 heterocycles. The van der Waals surface area contributed by atoms with Crippen molar-refractivity contribution in [3.63, 3.8) is 0 Å². The molecule has 0 fully saturated rings. The minimum Gasteiger partial charge on any atom is -0.112 e. The SMILES string of the molecule is C1=C2c3ccccc3SC2c2ccccc21. The highest BCUT2D eigenvalue weighted by atomic mass is 32.2. The maximum absolute atomic E-state index is 2.35. The molecule has 0 aromatic heterocycles. The van der Waals surface area contributed by atoms with E-state index in [9.17, 15) is 0 Å². The van der Waals surface area contributed by atoms with Gasteiger partial charge in [0.25, 0.3) is 0 Å². The summed E-state index contributed by atoms with van der Waals surface area (Å²) in [6.07, 6.45) is 2.35. The second-order valence-corrected chi connectivity index (χ2v) is 5.37. The molecule has 1 aliphatic heterocycles. The quantitative estimate of drug-likeness (QED) is 0.637. The standard InChI is InChI=1S/C15H10S/c1-2-6-11-10(5-1)9-13-12-7-3-4-8-14(12)16-15(11)13/h1-9,15H. The van der Waals surface area contributed by atoms with Crippen LogP contribution >= 0.6 is 11.8 Å². The monoisotopic (exact) mass is 222 g/mol. The third kappa shape index (κ3) is 1.01. The molecule has 0 spiro atoms. The van der Waals surface area contributed by atoms with Gasteiger partial charge >= 0.3 is 0 Å². The van der Waals surface area contributed by atoms with Crippen LogP contribution in [0.5, 0.6) is 0 Å². The molecule has 0 saturated carbocycles. The Morgan fingerprint density at radius 1 is 0.875 bits per heavy atom. The van der Waals surface area contributed by atoms with E-state index in [0.29, 0.717) is 5.25 Å². The van der Waals surface area contributed by atoms with Crippen LogP contribution in [-0.2, 0) is 0 Å². The van der Waals surface area contributed by atoms with E-state index in [-0.39, 0.29) is 0 Å². The van der Waals surface area contributed by atoms with Gasteiger partial charge in [-0.05, 0) is 34.4 Å². The minimum absolute atomic E-state index is 0.536. The van der Waals surface area contributed by atoms with Crippen LogP contribution in [0.1, 0.15) is 21.9 Å². The van der Waals surface area contributed by atoms with Gasteiger partial charge in [-0.2, -0.15) is 0 Å². The molecule has 0 nitrogen and oxygen atoms in total. The van der Waals surface area contributed by atoms with E-state index in [1.54, 1.807) is 0 Å².